The lowest BCUT2D eigenvalue weighted by atomic mass is 10.2. The Morgan fingerprint density at radius 1 is 1.47 bits per heavy atom. The lowest BCUT2D eigenvalue weighted by molar-refractivity contribution is 0.363. The van der Waals surface area contributed by atoms with Crippen molar-refractivity contribution in [2.24, 2.45) is 0 Å². The molecule has 2 aromatic heterocycles. The zero-order valence-corrected chi connectivity index (χ0v) is 10.2. The average molecular weight is 233 g/mol. The first-order chi connectivity index (χ1) is 8.08. The number of aromatic nitrogens is 3. The van der Waals surface area contributed by atoms with Gasteiger partial charge in [0.25, 0.3) is 5.56 Å². The molecular formula is C12H15N3O2. The van der Waals surface area contributed by atoms with Gasteiger partial charge in [-0.05, 0) is 13.0 Å². The summed E-state index contributed by atoms with van der Waals surface area (Å²) in [5.41, 5.74) is 0.674. The van der Waals surface area contributed by atoms with Crippen LogP contribution in [-0.4, -0.2) is 14.7 Å². The zero-order valence-electron chi connectivity index (χ0n) is 10.2. The molecule has 0 saturated carbocycles. The number of hydrogen-bond donors (Lipinski definition) is 0. The van der Waals surface area contributed by atoms with Crippen LogP contribution in [0.3, 0.4) is 0 Å². The van der Waals surface area contributed by atoms with Crippen molar-refractivity contribution in [3.8, 4) is 0 Å². The van der Waals surface area contributed by atoms with Gasteiger partial charge in [-0.3, -0.25) is 4.79 Å². The van der Waals surface area contributed by atoms with Crippen LogP contribution in [0.5, 0.6) is 0 Å². The fraction of sp³-hybridized carbons (Fsp3) is 0.417. The number of pyridine rings is 1. The first kappa shape index (κ1) is 11.6. The second-order valence-corrected chi connectivity index (χ2v) is 4.33. The molecule has 2 rings (SSSR count). The van der Waals surface area contributed by atoms with E-state index in [4.69, 9.17) is 4.52 Å². The van der Waals surface area contributed by atoms with Crippen molar-refractivity contribution in [3.05, 3.63) is 46.0 Å². The highest BCUT2D eigenvalue weighted by Crippen LogP contribution is 2.09. The number of nitrogens with zero attached hydrogens (tertiary/aromatic N) is 3. The maximum atomic E-state index is 11.8. The van der Waals surface area contributed by atoms with Crippen molar-refractivity contribution in [1.29, 1.82) is 0 Å². The molecule has 0 amide bonds. The van der Waals surface area contributed by atoms with Gasteiger partial charge in [0.2, 0.25) is 5.89 Å². The van der Waals surface area contributed by atoms with Gasteiger partial charge in [-0.15, -0.1) is 0 Å². The first-order valence-corrected chi connectivity index (χ1v) is 5.56. The molecule has 0 spiro atoms. The molecule has 0 aliphatic heterocycles. The Morgan fingerprint density at radius 2 is 2.24 bits per heavy atom. The summed E-state index contributed by atoms with van der Waals surface area (Å²) >= 11 is 0. The van der Waals surface area contributed by atoms with E-state index in [9.17, 15) is 4.79 Å². The van der Waals surface area contributed by atoms with E-state index in [2.05, 4.69) is 10.1 Å². The third-order valence-electron chi connectivity index (χ3n) is 2.52. The summed E-state index contributed by atoms with van der Waals surface area (Å²) in [6, 6.07) is 3.61. The summed E-state index contributed by atoms with van der Waals surface area (Å²) in [6.45, 7) is 6.09. The van der Waals surface area contributed by atoms with Gasteiger partial charge in [-0.2, -0.15) is 4.98 Å². The molecule has 0 bridgehead atoms. The second-order valence-electron chi connectivity index (χ2n) is 4.33. The summed E-state index contributed by atoms with van der Waals surface area (Å²) in [4.78, 5) is 16.0. The van der Waals surface area contributed by atoms with Crippen molar-refractivity contribution in [3.63, 3.8) is 0 Å². The van der Waals surface area contributed by atoms with E-state index in [1.165, 1.54) is 0 Å². The molecule has 0 radical (unpaired) electrons. The van der Waals surface area contributed by atoms with E-state index < -0.39 is 0 Å². The second kappa shape index (κ2) is 4.53. The molecule has 0 saturated heterocycles. The standard InChI is InChI=1S/C12H15N3O2/c1-8(2)11-13-10(17-14-11)7-15-6-4-5-9(3)12(15)16/h4-6,8H,7H2,1-3H3. The number of hydrogen-bond acceptors (Lipinski definition) is 4. The third-order valence-corrected chi connectivity index (χ3v) is 2.52. The summed E-state index contributed by atoms with van der Waals surface area (Å²) < 4.78 is 6.67. The monoisotopic (exact) mass is 233 g/mol. The Balaban J connectivity index is 2.26. The topological polar surface area (TPSA) is 60.9 Å². The Bertz CT molecular complexity index is 569. The molecule has 2 heterocycles. The van der Waals surface area contributed by atoms with Gasteiger partial charge < -0.3 is 9.09 Å². The van der Waals surface area contributed by atoms with Crippen LogP contribution in [0.25, 0.3) is 0 Å². The van der Waals surface area contributed by atoms with Crippen LogP contribution >= 0.6 is 0 Å². The van der Waals surface area contributed by atoms with Gasteiger partial charge in [-0.25, -0.2) is 0 Å². The zero-order chi connectivity index (χ0) is 12.4. The van der Waals surface area contributed by atoms with Crippen molar-refractivity contribution in [2.45, 2.75) is 33.2 Å². The number of rotatable bonds is 3. The molecule has 0 N–H and O–H groups in total. The number of aryl methyl sites for hydroxylation is 1. The third kappa shape index (κ3) is 2.43. The molecule has 0 aromatic carbocycles. The van der Waals surface area contributed by atoms with Crippen LogP contribution < -0.4 is 5.56 Å². The lowest BCUT2D eigenvalue weighted by Crippen LogP contribution is -2.21. The maximum Gasteiger partial charge on any atom is 0.253 e. The Kier molecular flexibility index (Phi) is 3.08. The smallest absolute Gasteiger partial charge is 0.253 e. The van der Waals surface area contributed by atoms with E-state index >= 15 is 0 Å². The quantitative estimate of drug-likeness (QED) is 0.809. The van der Waals surface area contributed by atoms with Gasteiger partial charge in [0.05, 0.1) is 0 Å². The molecule has 2 aromatic rings. The lowest BCUT2D eigenvalue weighted by Gasteiger charge is -2.02. The van der Waals surface area contributed by atoms with Gasteiger partial charge in [0, 0.05) is 17.7 Å². The van der Waals surface area contributed by atoms with Crippen LogP contribution in [0, 0.1) is 6.92 Å². The van der Waals surface area contributed by atoms with Gasteiger partial charge in [0.1, 0.15) is 6.54 Å². The SMILES string of the molecule is Cc1cccn(Cc2nc(C(C)C)no2)c1=O. The summed E-state index contributed by atoms with van der Waals surface area (Å²) in [5, 5.41) is 3.86. The molecule has 0 atom stereocenters. The summed E-state index contributed by atoms with van der Waals surface area (Å²) in [6.07, 6.45) is 1.72. The predicted molar refractivity (Wildman–Crippen MR) is 62.9 cm³/mol. The summed E-state index contributed by atoms with van der Waals surface area (Å²) in [5.74, 6) is 1.35. The van der Waals surface area contributed by atoms with Crippen molar-refractivity contribution in [1.82, 2.24) is 14.7 Å². The minimum Gasteiger partial charge on any atom is -0.337 e. The van der Waals surface area contributed by atoms with E-state index in [1.54, 1.807) is 23.8 Å². The molecule has 17 heavy (non-hydrogen) atoms. The predicted octanol–water partition coefficient (Wildman–Crippen LogP) is 1.71. The highest BCUT2D eigenvalue weighted by molar-refractivity contribution is 5.08. The molecule has 5 heteroatoms. The van der Waals surface area contributed by atoms with E-state index in [-0.39, 0.29) is 11.5 Å². The van der Waals surface area contributed by atoms with Crippen molar-refractivity contribution < 1.29 is 4.52 Å². The minimum absolute atomic E-state index is 0.0307. The maximum absolute atomic E-state index is 11.8. The minimum atomic E-state index is -0.0307. The molecule has 0 fully saturated rings. The highest BCUT2D eigenvalue weighted by Gasteiger charge is 2.10. The van der Waals surface area contributed by atoms with Crippen molar-refractivity contribution in [2.75, 3.05) is 0 Å². The normalized spacial score (nSPS) is 11.1. The van der Waals surface area contributed by atoms with Gasteiger partial charge >= 0.3 is 0 Å². The average Bonchev–Trinajstić information content (AvgIpc) is 2.73. The Morgan fingerprint density at radius 3 is 2.88 bits per heavy atom. The van der Waals surface area contributed by atoms with Crippen LogP contribution in [0.15, 0.2) is 27.6 Å². The molecule has 90 valence electrons. The van der Waals surface area contributed by atoms with Gasteiger partial charge in [-0.1, -0.05) is 25.1 Å². The first-order valence-electron chi connectivity index (χ1n) is 5.56. The molecule has 5 nitrogen and oxygen atoms in total. The van der Waals surface area contributed by atoms with E-state index in [0.717, 1.165) is 0 Å². The molecule has 0 aliphatic rings. The summed E-state index contributed by atoms with van der Waals surface area (Å²) in [7, 11) is 0. The fourth-order valence-electron chi connectivity index (χ4n) is 1.49. The Labute approximate surface area is 99.1 Å². The van der Waals surface area contributed by atoms with Crippen LogP contribution in [-0.2, 0) is 6.54 Å². The highest BCUT2D eigenvalue weighted by atomic mass is 16.5. The van der Waals surface area contributed by atoms with Crippen LogP contribution in [0.2, 0.25) is 0 Å². The van der Waals surface area contributed by atoms with Crippen molar-refractivity contribution >= 4 is 0 Å². The van der Waals surface area contributed by atoms with E-state index in [0.29, 0.717) is 23.8 Å². The molecular weight excluding hydrogens is 218 g/mol. The van der Waals surface area contributed by atoms with E-state index in [1.807, 2.05) is 19.9 Å². The van der Waals surface area contributed by atoms with Gasteiger partial charge in [0.15, 0.2) is 5.82 Å². The van der Waals surface area contributed by atoms with Crippen LogP contribution in [0.1, 0.15) is 37.0 Å². The molecule has 0 unspecified atom stereocenters. The molecule has 0 aliphatic carbocycles. The largest absolute Gasteiger partial charge is 0.337 e. The fourth-order valence-corrected chi connectivity index (χ4v) is 1.49. The Hall–Kier alpha value is -1.91. The van der Waals surface area contributed by atoms with Crippen LogP contribution in [0.4, 0.5) is 0 Å².